The molecule has 3 rings (SSSR count). The summed E-state index contributed by atoms with van der Waals surface area (Å²) < 4.78 is 49.6. The first kappa shape index (κ1) is 21.8. The van der Waals surface area contributed by atoms with Gasteiger partial charge in [0.15, 0.2) is 9.84 Å². The van der Waals surface area contributed by atoms with Crippen LogP contribution in [0.3, 0.4) is 0 Å². The molecule has 0 aliphatic carbocycles. The largest absolute Gasteiger partial charge is 0.308 e. The average molecular weight is 457 g/mol. The summed E-state index contributed by atoms with van der Waals surface area (Å²) in [6.45, 7) is 0.422. The minimum atomic E-state index is -3.73. The van der Waals surface area contributed by atoms with Crippen molar-refractivity contribution in [2.45, 2.75) is 22.6 Å². The third-order valence-electron chi connectivity index (χ3n) is 4.79. The van der Waals surface area contributed by atoms with Crippen molar-refractivity contribution >= 4 is 43.1 Å². The molecule has 0 fully saturated rings. The maximum Gasteiger partial charge on any atom is 0.259 e. The molecule has 10 heteroatoms. The number of fused-ring (bicyclic) bond motifs is 1. The van der Waals surface area contributed by atoms with Gasteiger partial charge < -0.3 is 4.90 Å². The van der Waals surface area contributed by atoms with Crippen molar-refractivity contribution in [3.05, 3.63) is 52.5 Å². The molecule has 1 aliphatic rings. The molecule has 0 aromatic heterocycles. The second-order valence-corrected chi connectivity index (χ2v) is 11.6. The van der Waals surface area contributed by atoms with E-state index in [0.29, 0.717) is 25.1 Å². The van der Waals surface area contributed by atoms with Gasteiger partial charge in [-0.2, -0.15) is 0 Å². The highest BCUT2D eigenvalue weighted by atomic mass is 35.5. The zero-order chi connectivity index (χ0) is 21.6. The van der Waals surface area contributed by atoms with Crippen LogP contribution < -0.4 is 4.90 Å². The van der Waals surface area contributed by atoms with Crippen LogP contribution in [0.1, 0.15) is 22.3 Å². The van der Waals surface area contributed by atoms with Gasteiger partial charge in [0.25, 0.3) is 5.91 Å². The summed E-state index contributed by atoms with van der Waals surface area (Å²) in [4.78, 5) is 14.9. The lowest BCUT2D eigenvalue weighted by molar-refractivity contribution is 0.0985. The molecular weight excluding hydrogens is 436 g/mol. The van der Waals surface area contributed by atoms with Gasteiger partial charge in [0.1, 0.15) is 0 Å². The Morgan fingerprint density at radius 3 is 2.31 bits per heavy atom. The van der Waals surface area contributed by atoms with Crippen LogP contribution in [0.4, 0.5) is 5.69 Å². The van der Waals surface area contributed by atoms with Gasteiger partial charge in [-0.15, -0.1) is 0 Å². The maximum absolute atomic E-state index is 13.2. The lowest BCUT2D eigenvalue weighted by Crippen LogP contribution is -2.36. The molecule has 29 heavy (non-hydrogen) atoms. The van der Waals surface area contributed by atoms with Crippen molar-refractivity contribution in [3.63, 3.8) is 0 Å². The molecule has 0 unspecified atom stereocenters. The molecule has 0 N–H and O–H groups in total. The Hall–Kier alpha value is -1.94. The molecule has 156 valence electrons. The third kappa shape index (κ3) is 4.18. The molecule has 0 spiro atoms. The number of sulfone groups is 1. The van der Waals surface area contributed by atoms with Crippen molar-refractivity contribution in [3.8, 4) is 0 Å². The number of nitrogens with zero attached hydrogens (tertiary/aromatic N) is 2. The SMILES string of the molecule is CN(C)S(=O)(=O)c1ccc(Cl)c(C(=O)N2CCCc3cc(S(C)(=O)=O)ccc32)c1. The van der Waals surface area contributed by atoms with E-state index in [1.807, 2.05) is 0 Å². The maximum atomic E-state index is 13.2. The number of carbonyl (C=O) groups is 1. The zero-order valence-corrected chi connectivity index (χ0v) is 18.6. The number of sulfonamides is 1. The minimum Gasteiger partial charge on any atom is -0.308 e. The fourth-order valence-corrected chi connectivity index (χ4v) is 5.00. The van der Waals surface area contributed by atoms with E-state index in [1.54, 1.807) is 12.1 Å². The number of hydrogen-bond donors (Lipinski definition) is 0. The average Bonchev–Trinajstić information content (AvgIpc) is 2.65. The number of rotatable bonds is 4. The highest BCUT2D eigenvalue weighted by Gasteiger charge is 2.28. The van der Waals surface area contributed by atoms with E-state index in [4.69, 9.17) is 11.6 Å². The number of aryl methyl sites for hydroxylation is 1. The highest BCUT2D eigenvalue weighted by molar-refractivity contribution is 7.90. The lowest BCUT2D eigenvalue weighted by Gasteiger charge is -2.30. The van der Waals surface area contributed by atoms with Crippen LogP contribution in [-0.4, -0.2) is 53.9 Å². The smallest absolute Gasteiger partial charge is 0.259 e. The van der Waals surface area contributed by atoms with Gasteiger partial charge in [0.2, 0.25) is 10.0 Å². The summed E-state index contributed by atoms with van der Waals surface area (Å²) in [7, 11) is -4.27. The Balaban J connectivity index is 2.05. The molecule has 2 aromatic rings. The van der Waals surface area contributed by atoms with Crippen LogP contribution in [0, 0.1) is 0 Å². The Bertz CT molecular complexity index is 1190. The van der Waals surface area contributed by atoms with Gasteiger partial charge in [-0.05, 0) is 54.8 Å². The molecule has 1 aliphatic heterocycles. The van der Waals surface area contributed by atoms with E-state index in [1.165, 1.54) is 43.3 Å². The summed E-state index contributed by atoms with van der Waals surface area (Å²) in [5.41, 5.74) is 1.43. The number of carbonyl (C=O) groups excluding carboxylic acids is 1. The normalized spacial score (nSPS) is 14.7. The second kappa shape index (κ2) is 7.71. The van der Waals surface area contributed by atoms with Crippen molar-refractivity contribution < 1.29 is 21.6 Å². The van der Waals surface area contributed by atoms with Crippen molar-refractivity contribution in [2.75, 3.05) is 31.8 Å². The van der Waals surface area contributed by atoms with Gasteiger partial charge in [0, 0.05) is 32.6 Å². The van der Waals surface area contributed by atoms with Crippen LogP contribution >= 0.6 is 11.6 Å². The molecular formula is C19H21ClN2O5S2. The molecule has 1 heterocycles. The van der Waals surface area contributed by atoms with E-state index in [-0.39, 0.29) is 20.4 Å². The van der Waals surface area contributed by atoms with Crippen molar-refractivity contribution in [1.82, 2.24) is 4.31 Å². The summed E-state index contributed by atoms with van der Waals surface area (Å²) in [6, 6.07) is 8.68. The number of amides is 1. The molecule has 0 saturated heterocycles. The number of halogens is 1. The van der Waals surface area contributed by atoms with Crippen LogP contribution in [0.25, 0.3) is 0 Å². The van der Waals surface area contributed by atoms with Crippen LogP contribution in [-0.2, 0) is 26.3 Å². The molecule has 0 radical (unpaired) electrons. The van der Waals surface area contributed by atoms with E-state index in [9.17, 15) is 21.6 Å². The molecule has 7 nitrogen and oxygen atoms in total. The Labute approximate surface area is 175 Å². The first-order chi connectivity index (χ1) is 13.4. The van der Waals surface area contributed by atoms with Crippen LogP contribution in [0.5, 0.6) is 0 Å². The molecule has 2 aromatic carbocycles. The second-order valence-electron chi connectivity index (χ2n) is 7.05. The quantitative estimate of drug-likeness (QED) is 0.705. The monoisotopic (exact) mass is 456 g/mol. The number of hydrogen-bond acceptors (Lipinski definition) is 5. The number of benzene rings is 2. The minimum absolute atomic E-state index is 0.0279. The van der Waals surface area contributed by atoms with E-state index < -0.39 is 25.8 Å². The third-order valence-corrected chi connectivity index (χ3v) is 8.04. The van der Waals surface area contributed by atoms with E-state index in [2.05, 4.69) is 0 Å². The molecule has 0 atom stereocenters. The summed E-state index contributed by atoms with van der Waals surface area (Å²) in [6.07, 6.45) is 2.43. The van der Waals surface area contributed by atoms with Crippen LogP contribution in [0.15, 0.2) is 46.2 Å². The van der Waals surface area contributed by atoms with Crippen molar-refractivity contribution in [2.24, 2.45) is 0 Å². The van der Waals surface area contributed by atoms with Gasteiger partial charge in [0.05, 0.1) is 20.4 Å². The highest BCUT2D eigenvalue weighted by Crippen LogP contribution is 2.32. The van der Waals surface area contributed by atoms with E-state index in [0.717, 1.165) is 16.1 Å². The van der Waals surface area contributed by atoms with Crippen molar-refractivity contribution in [1.29, 1.82) is 0 Å². The predicted molar refractivity (Wildman–Crippen MR) is 112 cm³/mol. The fourth-order valence-electron chi connectivity index (χ4n) is 3.20. The Kier molecular flexibility index (Phi) is 5.79. The summed E-state index contributed by atoms with van der Waals surface area (Å²) in [5, 5.41) is 0.146. The number of anilines is 1. The molecule has 0 bridgehead atoms. The van der Waals surface area contributed by atoms with Crippen LogP contribution in [0.2, 0.25) is 5.02 Å². The fraction of sp³-hybridized carbons (Fsp3) is 0.316. The van der Waals surface area contributed by atoms with Gasteiger partial charge in [-0.25, -0.2) is 21.1 Å². The standard InChI is InChI=1S/C19H21ClN2O5S2/c1-21(2)29(26,27)15-6-8-17(20)16(12-15)19(23)22-10-4-5-13-11-14(28(3,24)25)7-9-18(13)22/h6-9,11-12H,4-5,10H2,1-3H3. The first-order valence-corrected chi connectivity index (χ1v) is 12.5. The lowest BCUT2D eigenvalue weighted by atomic mass is 10.0. The molecule has 0 saturated carbocycles. The first-order valence-electron chi connectivity index (χ1n) is 8.80. The Morgan fingerprint density at radius 2 is 1.69 bits per heavy atom. The summed E-state index contributed by atoms with van der Waals surface area (Å²) >= 11 is 6.22. The van der Waals surface area contributed by atoms with Gasteiger partial charge in [-0.3, -0.25) is 4.79 Å². The zero-order valence-electron chi connectivity index (χ0n) is 16.2. The topological polar surface area (TPSA) is 91.8 Å². The predicted octanol–water partition coefficient (Wildman–Crippen LogP) is 2.59. The van der Waals surface area contributed by atoms with Gasteiger partial charge >= 0.3 is 0 Å². The molecule has 1 amide bonds. The Morgan fingerprint density at radius 1 is 1.03 bits per heavy atom. The summed E-state index contributed by atoms with van der Waals surface area (Å²) in [5.74, 6) is -0.432. The van der Waals surface area contributed by atoms with Gasteiger partial charge in [-0.1, -0.05) is 11.6 Å². The van der Waals surface area contributed by atoms with E-state index >= 15 is 0 Å².